The van der Waals surface area contributed by atoms with Crippen LogP contribution in [0.4, 0.5) is 4.39 Å². The van der Waals surface area contributed by atoms with Crippen molar-refractivity contribution in [2.24, 2.45) is 0 Å². The van der Waals surface area contributed by atoms with Gasteiger partial charge in [0.2, 0.25) is 4.77 Å². The number of likely N-dealkylation sites (tertiary alicyclic amines) is 1. The Morgan fingerprint density at radius 3 is 2.64 bits per heavy atom. The quantitative estimate of drug-likeness (QED) is 0.652. The summed E-state index contributed by atoms with van der Waals surface area (Å²) in [5.74, 6) is -0.304. The van der Waals surface area contributed by atoms with Crippen LogP contribution >= 0.6 is 12.2 Å². The second-order valence-corrected chi connectivity index (χ2v) is 6.62. The van der Waals surface area contributed by atoms with Gasteiger partial charge in [0.1, 0.15) is 12.1 Å². The van der Waals surface area contributed by atoms with Crippen LogP contribution in [-0.4, -0.2) is 25.8 Å². The summed E-state index contributed by atoms with van der Waals surface area (Å²) in [6, 6.07) is 17.5. The minimum atomic E-state index is -0.304. The molecular formula is C19H19FN4S. The van der Waals surface area contributed by atoms with Crippen molar-refractivity contribution in [2.75, 3.05) is 6.54 Å². The molecule has 1 unspecified atom stereocenters. The molecule has 0 spiro atoms. The van der Waals surface area contributed by atoms with E-state index in [0.29, 0.717) is 23.2 Å². The highest BCUT2D eigenvalue weighted by molar-refractivity contribution is 7.71. The van der Waals surface area contributed by atoms with Gasteiger partial charge in [-0.3, -0.25) is 9.47 Å². The Hall–Kier alpha value is -2.31. The van der Waals surface area contributed by atoms with Crippen molar-refractivity contribution in [1.29, 1.82) is 0 Å². The Morgan fingerprint density at radius 2 is 1.84 bits per heavy atom. The summed E-state index contributed by atoms with van der Waals surface area (Å²) in [5, 5.41) is 4.39. The monoisotopic (exact) mass is 354 g/mol. The Labute approximate surface area is 151 Å². The normalized spacial score (nSPS) is 17.9. The molecule has 1 aromatic heterocycles. The van der Waals surface area contributed by atoms with Crippen molar-refractivity contribution in [1.82, 2.24) is 19.2 Å². The fourth-order valence-electron chi connectivity index (χ4n) is 3.47. The Bertz CT molecular complexity index is 918. The van der Waals surface area contributed by atoms with Gasteiger partial charge in [0.05, 0.1) is 12.4 Å². The molecule has 0 N–H and O–H groups in total. The molecule has 0 amide bonds. The number of rotatable bonds is 4. The van der Waals surface area contributed by atoms with Crippen molar-refractivity contribution in [3.63, 3.8) is 0 Å². The Balaban J connectivity index is 1.60. The average Bonchev–Trinajstić information content (AvgIpc) is 3.24. The van der Waals surface area contributed by atoms with Crippen molar-refractivity contribution in [3.8, 4) is 5.69 Å². The van der Waals surface area contributed by atoms with Crippen LogP contribution in [0, 0.1) is 10.6 Å². The highest BCUT2D eigenvalue weighted by Gasteiger charge is 2.26. The first-order chi connectivity index (χ1) is 12.2. The van der Waals surface area contributed by atoms with Crippen LogP contribution in [0.1, 0.15) is 24.4 Å². The number of nitrogens with zero attached hydrogens (tertiary/aromatic N) is 4. The van der Waals surface area contributed by atoms with E-state index in [-0.39, 0.29) is 5.82 Å². The van der Waals surface area contributed by atoms with Crippen molar-refractivity contribution >= 4 is 12.2 Å². The van der Waals surface area contributed by atoms with Crippen LogP contribution in [0.2, 0.25) is 0 Å². The maximum absolute atomic E-state index is 14.0. The number of aromatic nitrogens is 3. The van der Waals surface area contributed by atoms with Crippen LogP contribution < -0.4 is 0 Å². The molecule has 6 heteroatoms. The lowest BCUT2D eigenvalue weighted by atomic mass is 10.1. The molecule has 1 aliphatic rings. The second kappa shape index (κ2) is 6.90. The molecule has 0 bridgehead atoms. The Kier molecular flexibility index (Phi) is 4.46. The first-order valence-corrected chi connectivity index (χ1v) is 8.83. The molecule has 1 saturated heterocycles. The number of hydrogen-bond donors (Lipinski definition) is 0. The van der Waals surface area contributed by atoms with Gasteiger partial charge >= 0.3 is 0 Å². The topological polar surface area (TPSA) is 26.0 Å². The molecule has 1 fully saturated rings. The molecule has 128 valence electrons. The maximum Gasteiger partial charge on any atom is 0.203 e. The predicted molar refractivity (Wildman–Crippen MR) is 97.5 cm³/mol. The molecule has 4 rings (SSSR count). The van der Waals surface area contributed by atoms with Crippen LogP contribution in [0.5, 0.6) is 0 Å². The van der Waals surface area contributed by atoms with Gasteiger partial charge < -0.3 is 0 Å². The summed E-state index contributed by atoms with van der Waals surface area (Å²) >= 11 is 5.53. The van der Waals surface area contributed by atoms with Crippen LogP contribution in [0.15, 0.2) is 60.9 Å². The minimum absolute atomic E-state index is 0.304. The first-order valence-electron chi connectivity index (χ1n) is 8.42. The van der Waals surface area contributed by atoms with E-state index in [9.17, 15) is 4.39 Å². The molecule has 0 aliphatic carbocycles. The zero-order valence-electron chi connectivity index (χ0n) is 13.8. The van der Waals surface area contributed by atoms with E-state index >= 15 is 0 Å². The third-order valence-electron chi connectivity index (χ3n) is 4.71. The summed E-state index contributed by atoms with van der Waals surface area (Å²) in [6.07, 6.45) is 3.88. The molecular weight excluding hydrogens is 335 g/mol. The standard InChI is InChI=1S/C19H19FN4S/c20-16-9-4-5-10-18(16)23-13-21-24(19(23)25)14-22-12-6-11-17(22)15-7-2-1-3-8-15/h1-5,7-10,13,17H,6,11-12,14H2. The lowest BCUT2D eigenvalue weighted by molar-refractivity contribution is 0.190. The molecule has 2 aromatic carbocycles. The van der Waals surface area contributed by atoms with Gasteiger partial charge in [-0.1, -0.05) is 42.5 Å². The third-order valence-corrected chi connectivity index (χ3v) is 5.12. The van der Waals surface area contributed by atoms with Crippen LogP contribution in [0.25, 0.3) is 5.69 Å². The molecule has 1 atom stereocenters. The minimum Gasteiger partial charge on any atom is -0.277 e. The number of hydrogen-bond acceptors (Lipinski definition) is 3. The van der Waals surface area contributed by atoms with E-state index in [1.807, 2.05) is 6.07 Å². The molecule has 0 saturated carbocycles. The van der Waals surface area contributed by atoms with Crippen molar-refractivity contribution in [3.05, 3.63) is 77.1 Å². The zero-order valence-corrected chi connectivity index (χ0v) is 14.6. The van der Waals surface area contributed by atoms with Gasteiger partial charge in [-0.15, -0.1) is 0 Å². The highest BCUT2D eigenvalue weighted by atomic mass is 32.1. The lowest BCUT2D eigenvalue weighted by Gasteiger charge is -2.24. The van der Waals surface area contributed by atoms with Crippen LogP contribution in [-0.2, 0) is 6.67 Å². The molecule has 3 aromatic rings. The highest BCUT2D eigenvalue weighted by Crippen LogP contribution is 2.32. The fourth-order valence-corrected chi connectivity index (χ4v) is 3.72. The second-order valence-electron chi connectivity index (χ2n) is 6.26. The number of halogens is 1. The van der Waals surface area contributed by atoms with Gasteiger partial charge in [-0.05, 0) is 42.8 Å². The Morgan fingerprint density at radius 1 is 1.08 bits per heavy atom. The van der Waals surface area contributed by atoms with Gasteiger partial charge in [-0.25, -0.2) is 9.07 Å². The summed E-state index contributed by atoms with van der Waals surface area (Å²) in [4.78, 5) is 2.38. The van der Waals surface area contributed by atoms with E-state index in [0.717, 1.165) is 19.4 Å². The van der Waals surface area contributed by atoms with Gasteiger partial charge in [-0.2, -0.15) is 5.10 Å². The van der Waals surface area contributed by atoms with Crippen LogP contribution in [0.3, 0.4) is 0 Å². The van der Waals surface area contributed by atoms with Crippen molar-refractivity contribution in [2.45, 2.75) is 25.6 Å². The third kappa shape index (κ3) is 3.15. The molecule has 25 heavy (non-hydrogen) atoms. The predicted octanol–water partition coefficient (Wildman–Crippen LogP) is 4.34. The summed E-state index contributed by atoms with van der Waals surface area (Å²) in [6.45, 7) is 1.62. The summed E-state index contributed by atoms with van der Waals surface area (Å²) < 4.78 is 17.9. The molecule has 4 nitrogen and oxygen atoms in total. The van der Waals surface area contributed by atoms with E-state index in [1.54, 1.807) is 33.8 Å². The largest absolute Gasteiger partial charge is 0.277 e. The first kappa shape index (κ1) is 16.2. The smallest absolute Gasteiger partial charge is 0.203 e. The molecule has 0 radical (unpaired) electrons. The summed E-state index contributed by atoms with van der Waals surface area (Å²) in [7, 11) is 0. The lowest BCUT2D eigenvalue weighted by Crippen LogP contribution is -2.27. The van der Waals surface area contributed by atoms with Gasteiger partial charge in [0.15, 0.2) is 0 Å². The molecule has 2 heterocycles. The number of benzene rings is 2. The van der Waals surface area contributed by atoms with E-state index in [2.05, 4.69) is 34.3 Å². The average molecular weight is 354 g/mol. The number of para-hydroxylation sites is 1. The SMILES string of the molecule is Fc1ccccc1-n1cnn(CN2CCCC2c2ccccc2)c1=S. The maximum atomic E-state index is 14.0. The fraction of sp³-hybridized carbons (Fsp3) is 0.263. The van der Waals surface area contributed by atoms with E-state index < -0.39 is 0 Å². The van der Waals surface area contributed by atoms with Crippen molar-refractivity contribution < 1.29 is 4.39 Å². The van der Waals surface area contributed by atoms with E-state index in [1.165, 1.54) is 11.6 Å². The molecule has 1 aliphatic heterocycles. The van der Waals surface area contributed by atoms with E-state index in [4.69, 9.17) is 12.2 Å². The zero-order chi connectivity index (χ0) is 17.2. The van der Waals surface area contributed by atoms with Gasteiger partial charge in [0, 0.05) is 12.6 Å². The van der Waals surface area contributed by atoms with Gasteiger partial charge in [0.25, 0.3) is 0 Å². The summed E-state index contributed by atoms with van der Waals surface area (Å²) in [5.41, 5.74) is 1.75.